The molecule has 88 valence electrons. The largest absolute Gasteiger partial charge is 0.381 e. The van der Waals surface area contributed by atoms with Crippen LogP contribution in [0, 0.1) is 5.41 Å². The molecule has 0 spiro atoms. The first-order chi connectivity index (χ1) is 7.74. The Balaban J connectivity index is 2.08. The van der Waals surface area contributed by atoms with Gasteiger partial charge in [0, 0.05) is 23.0 Å². The molecule has 1 unspecified atom stereocenters. The summed E-state index contributed by atoms with van der Waals surface area (Å²) in [4.78, 5) is 0. The van der Waals surface area contributed by atoms with Gasteiger partial charge in [0.1, 0.15) is 0 Å². The van der Waals surface area contributed by atoms with Crippen LogP contribution in [0.3, 0.4) is 0 Å². The van der Waals surface area contributed by atoms with Crippen molar-refractivity contribution in [3.05, 3.63) is 34.3 Å². The van der Waals surface area contributed by atoms with Crippen LogP contribution in [0.25, 0.3) is 0 Å². The topological polar surface area (TPSA) is 21.3 Å². The monoisotopic (exact) mass is 283 g/mol. The van der Waals surface area contributed by atoms with Gasteiger partial charge in [0.25, 0.3) is 0 Å². The Bertz CT molecular complexity index is 330. The van der Waals surface area contributed by atoms with E-state index in [1.165, 1.54) is 5.56 Å². The van der Waals surface area contributed by atoms with E-state index in [1.807, 2.05) is 7.05 Å². The molecule has 1 fully saturated rings. The van der Waals surface area contributed by atoms with Crippen LogP contribution in [0.1, 0.15) is 12.0 Å². The van der Waals surface area contributed by atoms with Crippen LogP contribution in [0.5, 0.6) is 0 Å². The molecule has 0 amide bonds. The molecule has 1 N–H and O–H groups in total. The van der Waals surface area contributed by atoms with Crippen LogP contribution in [0.15, 0.2) is 28.7 Å². The molecule has 1 heterocycles. The Hall–Kier alpha value is -0.380. The average Bonchev–Trinajstić information content (AvgIpc) is 2.71. The first kappa shape index (κ1) is 12.1. The lowest BCUT2D eigenvalue weighted by Gasteiger charge is -2.27. The molecule has 1 aromatic rings. The number of rotatable bonds is 4. The molecule has 16 heavy (non-hydrogen) atoms. The highest BCUT2D eigenvalue weighted by Crippen LogP contribution is 2.32. The van der Waals surface area contributed by atoms with E-state index < -0.39 is 0 Å². The minimum Gasteiger partial charge on any atom is -0.381 e. The summed E-state index contributed by atoms with van der Waals surface area (Å²) >= 11 is 3.47. The van der Waals surface area contributed by atoms with Gasteiger partial charge < -0.3 is 10.1 Å². The van der Waals surface area contributed by atoms with E-state index in [0.717, 1.165) is 37.1 Å². The Labute approximate surface area is 106 Å². The van der Waals surface area contributed by atoms with E-state index in [9.17, 15) is 0 Å². The maximum atomic E-state index is 5.56. The highest BCUT2D eigenvalue weighted by atomic mass is 79.9. The second-order valence-electron chi connectivity index (χ2n) is 4.64. The first-order valence-electron chi connectivity index (χ1n) is 5.71. The van der Waals surface area contributed by atoms with Gasteiger partial charge in [-0.3, -0.25) is 0 Å². The fraction of sp³-hybridized carbons (Fsp3) is 0.538. The second-order valence-corrected chi connectivity index (χ2v) is 5.55. The normalized spacial score (nSPS) is 24.9. The number of ether oxygens (including phenoxy) is 1. The molecular formula is C13H18BrNO. The smallest absolute Gasteiger partial charge is 0.0538 e. The second kappa shape index (κ2) is 5.30. The summed E-state index contributed by atoms with van der Waals surface area (Å²) in [7, 11) is 2.02. The van der Waals surface area contributed by atoms with Gasteiger partial charge in [0.2, 0.25) is 0 Å². The third-order valence-electron chi connectivity index (χ3n) is 3.23. The quantitative estimate of drug-likeness (QED) is 0.917. The third kappa shape index (κ3) is 2.84. The van der Waals surface area contributed by atoms with Gasteiger partial charge in [0.15, 0.2) is 0 Å². The SMILES string of the molecule is CNCC1(Cc2ccc(Br)cc2)CCOC1. The fourth-order valence-electron chi connectivity index (χ4n) is 2.40. The Morgan fingerprint density at radius 3 is 2.69 bits per heavy atom. The third-order valence-corrected chi connectivity index (χ3v) is 3.76. The van der Waals surface area contributed by atoms with Crippen LogP contribution < -0.4 is 5.32 Å². The lowest BCUT2D eigenvalue weighted by Crippen LogP contribution is -2.35. The Morgan fingerprint density at radius 2 is 2.12 bits per heavy atom. The predicted octanol–water partition coefficient (Wildman–Crippen LogP) is 2.62. The molecule has 0 saturated carbocycles. The molecule has 1 saturated heterocycles. The fourth-order valence-corrected chi connectivity index (χ4v) is 2.67. The lowest BCUT2D eigenvalue weighted by molar-refractivity contribution is 0.150. The van der Waals surface area contributed by atoms with Crippen LogP contribution in [-0.2, 0) is 11.2 Å². The van der Waals surface area contributed by atoms with E-state index in [2.05, 4.69) is 45.5 Å². The zero-order valence-corrected chi connectivity index (χ0v) is 11.2. The van der Waals surface area contributed by atoms with Gasteiger partial charge in [-0.15, -0.1) is 0 Å². The van der Waals surface area contributed by atoms with Crippen molar-refractivity contribution in [3.8, 4) is 0 Å². The number of halogens is 1. The molecule has 1 aliphatic rings. The van der Waals surface area contributed by atoms with Gasteiger partial charge in [-0.1, -0.05) is 28.1 Å². The van der Waals surface area contributed by atoms with Crippen molar-refractivity contribution in [1.29, 1.82) is 0 Å². The van der Waals surface area contributed by atoms with Gasteiger partial charge >= 0.3 is 0 Å². The van der Waals surface area contributed by atoms with Crippen LogP contribution in [-0.4, -0.2) is 26.8 Å². The molecule has 3 heteroatoms. The molecule has 2 rings (SSSR count). The standard InChI is InChI=1S/C13H18BrNO/c1-15-9-13(6-7-16-10-13)8-11-2-4-12(14)5-3-11/h2-5,15H,6-10H2,1H3. The van der Waals surface area contributed by atoms with Crippen molar-refractivity contribution < 1.29 is 4.74 Å². The first-order valence-corrected chi connectivity index (χ1v) is 6.50. The predicted molar refractivity (Wildman–Crippen MR) is 69.6 cm³/mol. The molecule has 2 nitrogen and oxygen atoms in total. The Kier molecular flexibility index (Phi) is 4.00. The maximum absolute atomic E-state index is 5.56. The Morgan fingerprint density at radius 1 is 1.38 bits per heavy atom. The zero-order valence-electron chi connectivity index (χ0n) is 9.63. The zero-order chi connectivity index (χ0) is 11.4. The average molecular weight is 284 g/mol. The minimum atomic E-state index is 0.294. The van der Waals surface area contributed by atoms with E-state index in [4.69, 9.17) is 4.74 Å². The van der Waals surface area contributed by atoms with Crippen molar-refractivity contribution in [2.75, 3.05) is 26.8 Å². The minimum absolute atomic E-state index is 0.294. The molecule has 0 aromatic heterocycles. The van der Waals surface area contributed by atoms with Crippen molar-refractivity contribution in [2.45, 2.75) is 12.8 Å². The number of hydrogen-bond acceptors (Lipinski definition) is 2. The summed E-state index contributed by atoms with van der Waals surface area (Å²) in [5.41, 5.74) is 1.69. The van der Waals surface area contributed by atoms with Gasteiger partial charge in [-0.25, -0.2) is 0 Å². The number of nitrogens with one attached hydrogen (secondary N) is 1. The molecule has 0 bridgehead atoms. The molecule has 0 radical (unpaired) electrons. The van der Waals surface area contributed by atoms with Crippen molar-refractivity contribution in [2.24, 2.45) is 5.41 Å². The summed E-state index contributed by atoms with van der Waals surface area (Å²) < 4.78 is 6.70. The van der Waals surface area contributed by atoms with Gasteiger partial charge in [-0.05, 0) is 37.6 Å². The summed E-state index contributed by atoms with van der Waals surface area (Å²) in [5.74, 6) is 0. The van der Waals surface area contributed by atoms with E-state index >= 15 is 0 Å². The highest BCUT2D eigenvalue weighted by molar-refractivity contribution is 9.10. The molecule has 0 aliphatic carbocycles. The van der Waals surface area contributed by atoms with Crippen LogP contribution in [0.4, 0.5) is 0 Å². The number of hydrogen-bond donors (Lipinski definition) is 1. The van der Waals surface area contributed by atoms with Crippen molar-refractivity contribution >= 4 is 15.9 Å². The molecular weight excluding hydrogens is 266 g/mol. The summed E-state index contributed by atoms with van der Waals surface area (Å²) in [6.45, 7) is 2.81. The summed E-state index contributed by atoms with van der Waals surface area (Å²) in [6.07, 6.45) is 2.25. The van der Waals surface area contributed by atoms with Crippen LogP contribution in [0.2, 0.25) is 0 Å². The molecule has 1 atom stereocenters. The molecule has 1 aromatic carbocycles. The van der Waals surface area contributed by atoms with Crippen molar-refractivity contribution in [1.82, 2.24) is 5.32 Å². The van der Waals surface area contributed by atoms with Gasteiger partial charge in [-0.2, -0.15) is 0 Å². The number of benzene rings is 1. The van der Waals surface area contributed by atoms with E-state index in [0.29, 0.717) is 5.41 Å². The summed E-state index contributed by atoms with van der Waals surface area (Å²) in [5, 5.41) is 3.29. The maximum Gasteiger partial charge on any atom is 0.0538 e. The summed E-state index contributed by atoms with van der Waals surface area (Å²) in [6, 6.07) is 8.61. The van der Waals surface area contributed by atoms with E-state index in [-0.39, 0.29) is 0 Å². The molecule has 1 aliphatic heterocycles. The van der Waals surface area contributed by atoms with Crippen molar-refractivity contribution in [3.63, 3.8) is 0 Å². The van der Waals surface area contributed by atoms with E-state index in [1.54, 1.807) is 0 Å². The highest BCUT2D eigenvalue weighted by Gasteiger charge is 2.34. The lowest BCUT2D eigenvalue weighted by atomic mass is 9.81. The van der Waals surface area contributed by atoms with Crippen LogP contribution >= 0.6 is 15.9 Å². The van der Waals surface area contributed by atoms with Gasteiger partial charge in [0.05, 0.1) is 6.61 Å².